The average molecular weight is 570 g/mol. The Morgan fingerprint density at radius 1 is 1.10 bits per heavy atom. The van der Waals surface area contributed by atoms with E-state index in [1.165, 1.54) is 12.3 Å². The standard InChI is InChI=1S/C29H37F2N7O3/c1-18(2)23-17-35(13-14-37(23)28(40)41-29(3,4)5)27(39)33-26-16-32-24-10-11-25(34-38(24)26)36-12-6-7-22(36)20-15-19(30)8-9-21(20)31/h8-11,15-16,18,22-23H,6-7,12-14,17H2,1-5H3,(H,33,39)/t22-,23-/m1/s1. The zero-order valence-electron chi connectivity index (χ0n) is 24.1. The Kier molecular flexibility index (Phi) is 7.76. The van der Waals surface area contributed by atoms with Crippen molar-refractivity contribution in [3.63, 3.8) is 0 Å². The Labute approximate surface area is 238 Å². The molecule has 10 nitrogen and oxygen atoms in total. The van der Waals surface area contributed by atoms with Crippen molar-refractivity contribution in [2.45, 2.75) is 65.1 Å². The number of urea groups is 1. The predicted octanol–water partition coefficient (Wildman–Crippen LogP) is 5.46. The summed E-state index contributed by atoms with van der Waals surface area (Å²) in [5, 5.41) is 7.63. The number of hydrogen-bond acceptors (Lipinski definition) is 6. The summed E-state index contributed by atoms with van der Waals surface area (Å²) in [7, 11) is 0. The number of aromatic nitrogens is 3. The summed E-state index contributed by atoms with van der Waals surface area (Å²) in [5.74, 6) is 0.127. The lowest BCUT2D eigenvalue weighted by Gasteiger charge is -2.43. The van der Waals surface area contributed by atoms with Gasteiger partial charge < -0.3 is 19.4 Å². The summed E-state index contributed by atoms with van der Waals surface area (Å²) >= 11 is 0. The number of nitrogens with one attached hydrogen (secondary N) is 1. The molecule has 12 heteroatoms. The van der Waals surface area contributed by atoms with E-state index in [1.807, 2.05) is 39.5 Å². The number of ether oxygens (including phenoxy) is 1. The lowest BCUT2D eigenvalue weighted by Crippen LogP contribution is -2.59. The average Bonchev–Trinajstić information content (AvgIpc) is 3.56. The number of fused-ring (bicyclic) bond motifs is 1. The van der Waals surface area contributed by atoms with E-state index in [9.17, 15) is 18.4 Å². The second-order valence-corrected chi connectivity index (χ2v) is 12.0. The number of piperazine rings is 1. The third-order valence-electron chi connectivity index (χ3n) is 7.55. The molecule has 0 bridgehead atoms. The van der Waals surface area contributed by atoms with Gasteiger partial charge in [0.25, 0.3) is 0 Å². The van der Waals surface area contributed by atoms with Gasteiger partial charge in [-0.1, -0.05) is 13.8 Å². The molecular weight excluding hydrogens is 532 g/mol. The molecule has 0 aliphatic carbocycles. The van der Waals surface area contributed by atoms with Crippen LogP contribution in [0.5, 0.6) is 0 Å². The first kappa shape index (κ1) is 28.6. The van der Waals surface area contributed by atoms with Gasteiger partial charge in [0.2, 0.25) is 0 Å². The van der Waals surface area contributed by atoms with Crippen molar-refractivity contribution in [3.8, 4) is 0 Å². The number of rotatable bonds is 4. The zero-order valence-corrected chi connectivity index (χ0v) is 24.1. The minimum Gasteiger partial charge on any atom is -0.444 e. The van der Waals surface area contributed by atoms with Crippen molar-refractivity contribution in [1.82, 2.24) is 24.4 Å². The van der Waals surface area contributed by atoms with Crippen molar-refractivity contribution in [2.75, 3.05) is 36.4 Å². The summed E-state index contributed by atoms with van der Waals surface area (Å²) in [6.07, 6.45) is 2.63. The minimum atomic E-state index is -0.609. The molecule has 0 unspecified atom stereocenters. The Morgan fingerprint density at radius 3 is 2.61 bits per heavy atom. The third kappa shape index (κ3) is 6.06. The molecule has 5 rings (SSSR count). The fourth-order valence-electron chi connectivity index (χ4n) is 5.54. The van der Waals surface area contributed by atoms with Crippen molar-refractivity contribution in [3.05, 3.63) is 53.7 Å². The fourth-order valence-corrected chi connectivity index (χ4v) is 5.54. The maximum Gasteiger partial charge on any atom is 0.410 e. The summed E-state index contributed by atoms with van der Waals surface area (Å²) in [6.45, 7) is 11.2. The van der Waals surface area contributed by atoms with Crippen molar-refractivity contribution in [2.24, 2.45) is 5.92 Å². The normalized spacial score (nSPS) is 19.8. The van der Waals surface area contributed by atoms with Crippen LogP contribution in [-0.4, -0.2) is 74.3 Å². The second-order valence-electron chi connectivity index (χ2n) is 12.0. The van der Waals surface area contributed by atoms with Crippen molar-refractivity contribution >= 4 is 29.4 Å². The van der Waals surface area contributed by atoms with Crippen LogP contribution in [0.4, 0.5) is 30.0 Å². The van der Waals surface area contributed by atoms with Crippen LogP contribution in [-0.2, 0) is 4.74 Å². The van der Waals surface area contributed by atoms with Gasteiger partial charge in [0.05, 0.1) is 18.3 Å². The first-order chi connectivity index (χ1) is 19.4. The number of carbonyl (C=O) groups is 2. The lowest BCUT2D eigenvalue weighted by atomic mass is 10.00. The number of halogens is 2. The van der Waals surface area contributed by atoms with E-state index in [0.717, 1.165) is 18.6 Å². The van der Waals surface area contributed by atoms with E-state index < -0.39 is 17.2 Å². The van der Waals surface area contributed by atoms with Crippen molar-refractivity contribution < 1.29 is 23.1 Å². The Balaban J connectivity index is 1.33. The highest BCUT2D eigenvalue weighted by Gasteiger charge is 2.37. The van der Waals surface area contributed by atoms with Gasteiger partial charge in [-0.05, 0) is 69.9 Å². The quantitative estimate of drug-likeness (QED) is 0.449. The summed E-state index contributed by atoms with van der Waals surface area (Å²) in [5.41, 5.74) is 0.225. The van der Waals surface area contributed by atoms with Gasteiger partial charge in [-0.25, -0.2) is 23.4 Å². The largest absolute Gasteiger partial charge is 0.444 e. The highest BCUT2D eigenvalue weighted by atomic mass is 19.1. The minimum absolute atomic E-state index is 0.106. The number of imidazole rings is 1. The van der Waals surface area contributed by atoms with E-state index in [1.54, 1.807) is 26.4 Å². The molecule has 220 valence electrons. The monoisotopic (exact) mass is 569 g/mol. The molecule has 0 spiro atoms. The number of anilines is 2. The van der Waals surface area contributed by atoms with E-state index in [4.69, 9.17) is 9.84 Å². The topological polar surface area (TPSA) is 95.3 Å². The van der Waals surface area contributed by atoms with Crippen LogP contribution >= 0.6 is 0 Å². The van der Waals surface area contributed by atoms with Gasteiger partial charge in [-0.15, -0.1) is 5.10 Å². The molecule has 2 saturated heterocycles. The highest BCUT2D eigenvalue weighted by molar-refractivity contribution is 5.89. The summed E-state index contributed by atoms with van der Waals surface area (Å²) < 4.78 is 35.7. The van der Waals surface area contributed by atoms with E-state index in [-0.39, 0.29) is 30.1 Å². The lowest BCUT2D eigenvalue weighted by molar-refractivity contribution is -0.00386. The Morgan fingerprint density at radius 2 is 1.88 bits per heavy atom. The zero-order chi connectivity index (χ0) is 29.5. The van der Waals surface area contributed by atoms with Gasteiger partial charge in [-0.2, -0.15) is 4.52 Å². The SMILES string of the molecule is CC(C)[C@H]1CN(C(=O)Nc2cnc3ccc(N4CCC[C@@H]4c4cc(F)ccc4F)nn23)CCN1C(=O)OC(C)(C)C. The van der Waals surface area contributed by atoms with Crippen LogP contribution in [0, 0.1) is 17.6 Å². The first-order valence-corrected chi connectivity index (χ1v) is 14.0. The number of benzene rings is 1. The van der Waals surface area contributed by atoms with E-state index in [2.05, 4.69) is 10.3 Å². The first-order valence-electron chi connectivity index (χ1n) is 14.0. The van der Waals surface area contributed by atoms with Gasteiger partial charge in [-0.3, -0.25) is 5.32 Å². The number of nitrogens with zero attached hydrogens (tertiary/aromatic N) is 6. The molecule has 2 aromatic heterocycles. The van der Waals surface area contributed by atoms with Crippen LogP contribution in [0.3, 0.4) is 0 Å². The maximum absolute atomic E-state index is 14.6. The predicted molar refractivity (Wildman–Crippen MR) is 151 cm³/mol. The summed E-state index contributed by atoms with van der Waals surface area (Å²) in [6, 6.07) is 6.21. The molecule has 41 heavy (non-hydrogen) atoms. The second kappa shape index (κ2) is 11.1. The molecule has 1 N–H and O–H groups in total. The molecule has 0 radical (unpaired) electrons. The molecular formula is C29H37F2N7O3. The van der Waals surface area contributed by atoms with Gasteiger partial charge in [0.1, 0.15) is 23.1 Å². The third-order valence-corrected chi connectivity index (χ3v) is 7.55. The molecule has 2 fully saturated rings. The van der Waals surface area contributed by atoms with Crippen LogP contribution in [0.15, 0.2) is 36.5 Å². The number of hydrogen-bond donors (Lipinski definition) is 1. The summed E-state index contributed by atoms with van der Waals surface area (Å²) in [4.78, 5) is 35.9. The highest BCUT2D eigenvalue weighted by Crippen LogP contribution is 2.37. The van der Waals surface area contributed by atoms with Gasteiger partial charge in [0, 0.05) is 31.7 Å². The van der Waals surface area contributed by atoms with Gasteiger partial charge in [0.15, 0.2) is 11.5 Å². The van der Waals surface area contributed by atoms with Crippen molar-refractivity contribution in [1.29, 1.82) is 0 Å². The Bertz CT molecular complexity index is 1440. The van der Waals surface area contributed by atoms with Gasteiger partial charge >= 0.3 is 12.1 Å². The van der Waals surface area contributed by atoms with E-state index in [0.29, 0.717) is 55.4 Å². The van der Waals surface area contributed by atoms with Crippen LogP contribution in [0.1, 0.15) is 59.1 Å². The number of amides is 3. The maximum atomic E-state index is 14.6. The molecule has 2 aliphatic heterocycles. The van der Waals surface area contributed by atoms with Crippen LogP contribution in [0.25, 0.3) is 5.65 Å². The van der Waals surface area contributed by atoms with Crippen LogP contribution < -0.4 is 10.2 Å². The molecule has 0 saturated carbocycles. The smallest absolute Gasteiger partial charge is 0.410 e. The van der Waals surface area contributed by atoms with E-state index >= 15 is 0 Å². The number of carbonyl (C=O) groups excluding carboxylic acids is 2. The Hall–Kier alpha value is -3.96. The fraction of sp³-hybridized carbons (Fsp3) is 0.517. The molecule has 2 aliphatic rings. The molecule has 4 heterocycles. The molecule has 3 amide bonds. The molecule has 2 atom stereocenters. The molecule has 3 aromatic rings. The molecule has 1 aromatic carbocycles. The van der Waals surface area contributed by atoms with Crippen LogP contribution in [0.2, 0.25) is 0 Å².